The molecule has 0 aliphatic rings. The van der Waals surface area contributed by atoms with Gasteiger partial charge in [-0.3, -0.25) is 9.59 Å². The number of rotatable bonds is 2. The Morgan fingerprint density at radius 3 is 2.58 bits per heavy atom. The van der Waals surface area contributed by atoms with Gasteiger partial charge in [-0.15, -0.1) is 0 Å². The molecule has 0 unspecified atom stereocenters. The first-order valence-electron chi connectivity index (χ1n) is 6.09. The monoisotopic (exact) mass is 259 g/mol. The Morgan fingerprint density at radius 1 is 1.26 bits per heavy atom. The Morgan fingerprint density at radius 2 is 1.95 bits per heavy atom. The minimum absolute atomic E-state index is 0.0903. The third-order valence-electron chi connectivity index (χ3n) is 3.45. The summed E-state index contributed by atoms with van der Waals surface area (Å²) >= 11 is 0. The molecule has 0 atom stereocenters. The number of hydrogen-bond donors (Lipinski definition) is 1. The molecule has 4 heteroatoms. The van der Waals surface area contributed by atoms with Gasteiger partial charge < -0.3 is 9.72 Å². The number of pyridine rings is 1. The van der Waals surface area contributed by atoms with Crippen LogP contribution in [0.25, 0.3) is 10.9 Å². The summed E-state index contributed by atoms with van der Waals surface area (Å²) in [5.41, 5.74) is 1.47. The predicted octanol–water partition coefficient (Wildman–Crippen LogP) is 2.29. The molecule has 0 spiro atoms. The Hall–Kier alpha value is -2.10. The molecule has 0 radical (unpaired) electrons. The van der Waals surface area contributed by atoms with Gasteiger partial charge >= 0.3 is 5.97 Å². The van der Waals surface area contributed by atoms with Gasteiger partial charge in [0, 0.05) is 11.1 Å². The topological polar surface area (TPSA) is 59.2 Å². The number of carbonyl (C=O) groups is 1. The van der Waals surface area contributed by atoms with Crippen molar-refractivity contribution in [3.05, 3.63) is 45.7 Å². The summed E-state index contributed by atoms with van der Waals surface area (Å²) in [5.74, 6) is -0.284. The molecule has 1 aromatic carbocycles. The van der Waals surface area contributed by atoms with Crippen molar-refractivity contribution in [3.63, 3.8) is 0 Å². The molecule has 4 nitrogen and oxygen atoms in total. The van der Waals surface area contributed by atoms with Gasteiger partial charge in [0.2, 0.25) is 0 Å². The maximum absolute atomic E-state index is 11.8. The lowest BCUT2D eigenvalue weighted by Crippen LogP contribution is -2.30. The van der Waals surface area contributed by atoms with Gasteiger partial charge in [0.1, 0.15) is 0 Å². The lowest BCUT2D eigenvalue weighted by atomic mass is 9.84. The van der Waals surface area contributed by atoms with Crippen molar-refractivity contribution < 1.29 is 9.53 Å². The fraction of sp³-hybridized carbons (Fsp3) is 0.333. The van der Waals surface area contributed by atoms with Crippen LogP contribution in [0.15, 0.2) is 29.1 Å². The Labute approximate surface area is 111 Å². The van der Waals surface area contributed by atoms with Crippen molar-refractivity contribution in [2.75, 3.05) is 7.11 Å². The number of methoxy groups -OCH3 is 1. The Bertz CT molecular complexity index is 698. The predicted molar refractivity (Wildman–Crippen MR) is 74.3 cm³/mol. The lowest BCUT2D eigenvalue weighted by molar-refractivity contribution is -0.146. The van der Waals surface area contributed by atoms with Crippen LogP contribution < -0.4 is 5.56 Å². The van der Waals surface area contributed by atoms with Gasteiger partial charge in [0.15, 0.2) is 0 Å². The molecule has 1 aromatic heterocycles. The van der Waals surface area contributed by atoms with Crippen molar-refractivity contribution in [2.24, 2.45) is 0 Å². The second-order valence-corrected chi connectivity index (χ2v) is 5.20. The van der Waals surface area contributed by atoms with Crippen molar-refractivity contribution >= 4 is 16.9 Å². The lowest BCUT2D eigenvalue weighted by Gasteiger charge is -2.22. The number of benzene rings is 1. The van der Waals surface area contributed by atoms with Crippen LogP contribution in [0, 0.1) is 6.92 Å². The third-order valence-corrected chi connectivity index (χ3v) is 3.45. The number of nitrogens with one attached hydrogen (secondary N) is 1. The SMILES string of the molecule is COC(=O)C(C)(C)c1ccc2[nH]c(=O)c(C)cc2c1. The van der Waals surface area contributed by atoms with E-state index < -0.39 is 5.41 Å². The molecule has 0 aliphatic carbocycles. The van der Waals surface area contributed by atoms with E-state index in [9.17, 15) is 9.59 Å². The van der Waals surface area contributed by atoms with Gasteiger partial charge in [0.05, 0.1) is 12.5 Å². The minimum Gasteiger partial charge on any atom is -0.468 e. The molecule has 2 rings (SSSR count). The zero-order valence-electron chi connectivity index (χ0n) is 11.5. The molecule has 0 aliphatic heterocycles. The molecular formula is C15H17NO3. The number of fused-ring (bicyclic) bond motifs is 1. The summed E-state index contributed by atoms with van der Waals surface area (Å²) in [7, 11) is 1.38. The molecule has 0 amide bonds. The largest absolute Gasteiger partial charge is 0.468 e. The average Bonchev–Trinajstić information content (AvgIpc) is 2.38. The summed E-state index contributed by atoms with van der Waals surface area (Å²) in [6.07, 6.45) is 0. The first-order valence-corrected chi connectivity index (χ1v) is 6.09. The number of hydrogen-bond acceptors (Lipinski definition) is 3. The molecule has 0 saturated carbocycles. The van der Waals surface area contributed by atoms with E-state index >= 15 is 0 Å². The number of carbonyl (C=O) groups excluding carboxylic acids is 1. The molecule has 0 saturated heterocycles. The van der Waals surface area contributed by atoms with Gasteiger partial charge in [0.25, 0.3) is 5.56 Å². The van der Waals surface area contributed by atoms with E-state index in [2.05, 4.69) is 4.98 Å². The number of aryl methyl sites for hydroxylation is 1. The molecule has 1 heterocycles. The zero-order chi connectivity index (χ0) is 14.2. The minimum atomic E-state index is -0.715. The number of aromatic amines is 1. The van der Waals surface area contributed by atoms with E-state index in [1.165, 1.54) is 7.11 Å². The van der Waals surface area contributed by atoms with E-state index in [4.69, 9.17) is 4.74 Å². The zero-order valence-corrected chi connectivity index (χ0v) is 11.5. The van der Waals surface area contributed by atoms with Gasteiger partial charge in [-0.05, 0) is 49.9 Å². The number of H-pyrrole nitrogens is 1. The van der Waals surface area contributed by atoms with Crippen LogP contribution in [0.5, 0.6) is 0 Å². The number of ether oxygens (including phenoxy) is 1. The van der Waals surface area contributed by atoms with Gasteiger partial charge in [-0.2, -0.15) is 0 Å². The van der Waals surface area contributed by atoms with Crippen LogP contribution in [0.4, 0.5) is 0 Å². The van der Waals surface area contributed by atoms with Crippen molar-refractivity contribution in [1.29, 1.82) is 0 Å². The molecular weight excluding hydrogens is 242 g/mol. The highest BCUT2D eigenvalue weighted by molar-refractivity contribution is 5.86. The summed E-state index contributed by atoms with van der Waals surface area (Å²) in [4.78, 5) is 26.2. The van der Waals surface area contributed by atoms with Gasteiger partial charge in [-0.1, -0.05) is 6.07 Å². The van der Waals surface area contributed by atoms with Crippen molar-refractivity contribution in [2.45, 2.75) is 26.2 Å². The second kappa shape index (κ2) is 4.53. The van der Waals surface area contributed by atoms with E-state index in [0.29, 0.717) is 5.56 Å². The maximum atomic E-state index is 11.8. The number of aromatic nitrogens is 1. The first-order chi connectivity index (χ1) is 8.86. The van der Waals surface area contributed by atoms with Crippen LogP contribution in [-0.2, 0) is 14.9 Å². The Kier molecular flexibility index (Phi) is 3.18. The maximum Gasteiger partial charge on any atom is 0.315 e. The van der Waals surface area contributed by atoms with Crippen molar-refractivity contribution in [3.8, 4) is 0 Å². The van der Waals surface area contributed by atoms with Crippen LogP contribution in [0.3, 0.4) is 0 Å². The average molecular weight is 259 g/mol. The van der Waals surface area contributed by atoms with E-state index in [1.54, 1.807) is 6.92 Å². The normalized spacial score (nSPS) is 11.6. The highest BCUT2D eigenvalue weighted by atomic mass is 16.5. The summed E-state index contributed by atoms with van der Waals surface area (Å²) in [6.45, 7) is 5.40. The first kappa shape index (κ1) is 13.3. The number of esters is 1. The quantitative estimate of drug-likeness (QED) is 0.842. The Balaban J connectivity index is 2.62. The van der Waals surface area contributed by atoms with E-state index in [1.807, 2.05) is 38.1 Å². The molecule has 1 N–H and O–H groups in total. The second-order valence-electron chi connectivity index (χ2n) is 5.20. The van der Waals surface area contributed by atoms with Crippen LogP contribution >= 0.6 is 0 Å². The summed E-state index contributed by atoms with van der Waals surface area (Å²) in [6, 6.07) is 7.39. The third kappa shape index (κ3) is 2.26. The highest BCUT2D eigenvalue weighted by Crippen LogP contribution is 2.27. The summed E-state index contributed by atoms with van der Waals surface area (Å²) < 4.78 is 4.83. The smallest absolute Gasteiger partial charge is 0.315 e. The molecule has 19 heavy (non-hydrogen) atoms. The standard InChI is InChI=1S/C15H17NO3/c1-9-7-10-8-11(15(2,3)14(18)19-4)5-6-12(10)16-13(9)17/h5-8H,1-4H3,(H,16,17). The van der Waals surface area contributed by atoms with E-state index in [-0.39, 0.29) is 11.5 Å². The van der Waals surface area contributed by atoms with Crippen LogP contribution in [0.1, 0.15) is 25.0 Å². The van der Waals surface area contributed by atoms with Crippen LogP contribution in [0.2, 0.25) is 0 Å². The van der Waals surface area contributed by atoms with Crippen LogP contribution in [-0.4, -0.2) is 18.1 Å². The summed E-state index contributed by atoms with van der Waals surface area (Å²) in [5, 5.41) is 0.909. The van der Waals surface area contributed by atoms with Gasteiger partial charge in [-0.25, -0.2) is 0 Å². The van der Waals surface area contributed by atoms with Crippen molar-refractivity contribution in [1.82, 2.24) is 4.98 Å². The molecule has 2 aromatic rings. The molecule has 100 valence electrons. The fourth-order valence-corrected chi connectivity index (χ4v) is 2.08. The fourth-order valence-electron chi connectivity index (χ4n) is 2.08. The molecule has 0 fully saturated rings. The van der Waals surface area contributed by atoms with E-state index in [0.717, 1.165) is 16.5 Å². The molecule has 0 bridgehead atoms. The highest BCUT2D eigenvalue weighted by Gasteiger charge is 2.30.